The fraction of sp³-hybridized carbons (Fsp3) is 0.571. The van der Waals surface area contributed by atoms with Gasteiger partial charge in [-0.3, -0.25) is 0 Å². The second-order valence-corrected chi connectivity index (χ2v) is 10.3. The molecule has 1 amide bonds. The summed E-state index contributed by atoms with van der Waals surface area (Å²) >= 11 is 0. The Morgan fingerprint density at radius 3 is 2.30 bits per heavy atom. The van der Waals surface area contributed by atoms with E-state index in [0.29, 0.717) is 12.3 Å². The first-order valence-corrected chi connectivity index (χ1v) is 10.9. The van der Waals surface area contributed by atoms with Crippen molar-refractivity contribution < 1.29 is 17.9 Å². The molecule has 0 N–H and O–H groups in total. The van der Waals surface area contributed by atoms with Gasteiger partial charge in [0.2, 0.25) is 0 Å². The number of ether oxygens (including phenoxy) is 1. The lowest BCUT2D eigenvalue weighted by molar-refractivity contribution is 0.0258. The third-order valence-corrected chi connectivity index (χ3v) is 6.69. The van der Waals surface area contributed by atoms with Gasteiger partial charge in [-0.25, -0.2) is 13.2 Å². The highest BCUT2D eigenvalue weighted by Crippen LogP contribution is 2.38. The molecule has 1 fully saturated rings. The molecular weight excluding hydrogens is 362 g/mol. The van der Waals surface area contributed by atoms with Gasteiger partial charge in [-0.15, -0.1) is 0 Å². The lowest BCUT2D eigenvalue weighted by Gasteiger charge is -2.41. The molecule has 1 aliphatic carbocycles. The Morgan fingerprint density at radius 1 is 1.19 bits per heavy atom. The summed E-state index contributed by atoms with van der Waals surface area (Å²) < 4.78 is 33.3. The number of hydrogen-bond donors (Lipinski definition) is 0. The van der Waals surface area contributed by atoms with E-state index in [0.717, 1.165) is 22.7 Å². The number of carbonyl (C=O) groups excluding carboxylic acids is 1. The van der Waals surface area contributed by atoms with E-state index < -0.39 is 27.8 Å². The number of rotatable bonds is 4. The molecule has 2 rings (SSSR count). The van der Waals surface area contributed by atoms with E-state index in [2.05, 4.69) is 13.5 Å². The third kappa shape index (κ3) is 5.12. The van der Waals surface area contributed by atoms with Crippen LogP contribution in [0.3, 0.4) is 0 Å². The summed E-state index contributed by atoms with van der Waals surface area (Å²) in [6.07, 6.45) is 1.58. The molecule has 1 saturated carbocycles. The van der Waals surface area contributed by atoms with Crippen molar-refractivity contribution >= 4 is 16.1 Å². The van der Waals surface area contributed by atoms with Crippen LogP contribution in [0.25, 0.3) is 0 Å². The van der Waals surface area contributed by atoms with Crippen molar-refractivity contribution in [1.82, 2.24) is 4.31 Å². The lowest BCUT2D eigenvalue weighted by Crippen LogP contribution is -2.52. The van der Waals surface area contributed by atoms with E-state index in [1.165, 1.54) is 12.1 Å². The molecule has 5 nitrogen and oxygen atoms in total. The Balaban J connectivity index is 2.55. The van der Waals surface area contributed by atoms with E-state index >= 15 is 0 Å². The summed E-state index contributed by atoms with van der Waals surface area (Å²) in [5.41, 5.74) is 0.101. The minimum Gasteiger partial charge on any atom is -0.443 e. The van der Waals surface area contributed by atoms with Crippen molar-refractivity contribution in [1.29, 1.82) is 0 Å². The Kier molecular flexibility index (Phi) is 6.40. The van der Waals surface area contributed by atoms with Crippen molar-refractivity contribution in [2.24, 2.45) is 11.8 Å². The average Bonchev–Trinajstić information content (AvgIpc) is 2.53. The van der Waals surface area contributed by atoms with Crippen molar-refractivity contribution in [3.05, 3.63) is 42.5 Å². The number of carbonyl (C=O) groups is 1. The number of sulfonamides is 1. The summed E-state index contributed by atoms with van der Waals surface area (Å²) in [7, 11) is -4.04. The lowest BCUT2D eigenvalue weighted by atomic mass is 9.76. The molecule has 0 bridgehead atoms. The highest BCUT2D eigenvalue weighted by Gasteiger charge is 2.44. The molecule has 0 heterocycles. The molecule has 3 atom stereocenters. The zero-order chi connectivity index (χ0) is 20.4. The van der Waals surface area contributed by atoms with E-state index in [-0.39, 0.29) is 10.8 Å². The quantitative estimate of drug-likeness (QED) is 0.676. The smallest absolute Gasteiger partial charge is 0.424 e. The number of hydrogen-bond acceptors (Lipinski definition) is 4. The second kappa shape index (κ2) is 8.05. The minimum atomic E-state index is -4.04. The van der Waals surface area contributed by atoms with Gasteiger partial charge in [-0.2, -0.15) is 4.31 Å². The summed E-state index contributed by atoms with van der Waals surface area (Å²) in [5, 5.41) is 0. The maximum absolute atomic E-state index is 13.4. The predicted octanol–water partition coefficient (Wildman–Crippen LogP) is 4.99. The van der Waals surface area contributed by atoms with Gasteiger partial charge in [-0.05, 0) is 65.0 Å². The third-order valence-electron chi connectivity index (χ3n) is 4.89. The fourth-order valence-electron chi connectivity index (χ4n) is 3.61. The minimum absolute atomic E-state index is 0.0767. The van der Waals surface area contributed by atoms with Gasteiger partial charge in [0.15, 0.2) is 0 Å². The molecular formula is C21H31NO4S. The topological polar surface area (TPSA) is 63.7 Å². The standard InChI is InChI=1S/C21H31NO4S/c1-15(2)18-13-12-16(3)14-19(18)22(20(23)26-21(4,5)6)27(24,25)17-10-8-7-9-11-17/h7-11,16,18-19H,1,12-14H2,2-6H3/t16-,18+,19-/m1/s1. The van der Waals surface area contributed by atoms with Crippen molar-refractivity contribution in [2.45, 2.75) is 70.4 Å². The average molecular weight is 394 g/mol. The van der Waals surface area contributed by atoms with Gasteiger partial charge in [-0.1, -0.05) is 37.3 Å². The Labute approximate surface area is 163 Å². The van der Waals surface area contributed by atoms with Crippen LogP contribution in [-0.4, -0.2) is 30.5 Å². The molecule has 0 aliphatic heterocycles. The molecule has 1 aromatic rings. The molecule has 0 radical (unpaired) electrons. The van der Waals surface area contributed by atoms with Crippen LogP contribution < -0.4 is 0 Å². The van der Waals surface area contributed by atoms with Crippen LogP contribution >= 0.6 is 0 Å². The molecule has 0 unspecified atom stereocenters. The number of amides is 1. The molecule has 0 spiro atoms. The van der Waals surface area contributed by atoms with Crippen molar-refractivity contribution in [3.63, 3.8) is 0 Å². The Hall–Kier alpha value is -1.82. The molecule has 0 aromatic heterocycles. The molecule has 0 saturated heterocycles. The van der Waals surface area contributed by atoms with Gasteiger partial charge >= 0.3 is 6.09 Å². The van der Waals surface area contributed by atoms with Gasteiger partial charge in [0.05, 0.1) is 10.9 Å². The maximum atomic E-state index is 13.4. The van der Waals surface area contributed by atoms with Gasteiger partial charge in [0.25, 0.3) is 10.0 Å². The monoisotopic (exact) mass is 393 g/mol. The van der Waals surface area contributed by atoms with Gasteiger partial charge < -0.3 is 4.74 Å². The van der Waals surface area contributed by atoms with Crippen molar-refractivity contribution in [3.8, 4) is 0 Å². The van der Waals surface area contributed by atoms with Gasteiger partial charge in [0.1, 0.15) is 5.60 Å². The van der Waals surface area contributed by atoms with Crippen LogP contribution in [0.4, 0.5) is 4.79 Å². The van der Waals surface area contributed by atoms with E-state index in [9.17, 15) is 13.2 Å². The first kappa shape index (κ1) is 21.5. The summed E-state index contributed by atoms with van der Waals surface area (Å²) in [6, 6.07) is 7.57. The molecule has 27 heavy (non-hydrogen) atoms. The molecule has 6 heteroatoms. The summed E-state index contributed by atoms with van der Waals surface area (Å²) in [5.74, 6) is 0.244. The Morgan fingerprint density at radius 2 is 1.78 bits per heavy atom. The zero-order valence-corrected chi connectivity index (χ0v) is 17.8. The zero-order valence-electron chi connectivity index (χ0n) is 16.9. The van der Waals surface area contributed by atoms with E-state index in [1.807, 2.05) is 6.92 Å². The van der Waals surface area contributed by atoms with E-state index in [1.54, 1.807) is 39.0 Å². The maximum Gasteiger partial charge on any atom is 0.424 e. The van der Waals surface area contributed by atoms with Crippen LogP contribution in [0.15, 0.2) is 47.4 Å². The van der Waals surface area contributed by atoms with E-state index in [4.69, 9.17) is 4.74 Å². The second-order valence-electron chi connectivity index (χ2n) is 8.53. The molecule has 1 aromatic carbocycles. The normalized spacial score (nSPS) is 23.5. The van der Waals surface area contributed by atoms with Crippen LogP contribution in [0.5, 0.6) is 0 Å². The van der Waals surface area contributed by atoms with Crippen LogP contribution in [-0.2, 0) is 14.8 Å². The number of benzene rings is 1. The predicted molar refractivity (Wildman–Crippen MR) is 107 cm³/mol. The summed E-state index contributed by atoms with van der Waals surface area (Å²) in [6.45, 7) is 13.2. The van der Waals surface area contributed by atoms with Gasteiger partial charge in [0, 0.05) is 5.92 Å². The highest BCUT2D eigenvalue weighted by atomic mass is 32.2. The first-order chi connectivity index (χ1) is 12.4. The fourth-order valence-corrected chi connectivity index (χ4v) is 5.16. The van der Waals surface area contributed by atoms with Crippen molar-refractivity contribution in [2.75, 3.05) is 0 Å². The van der Waals surface area contributed by atoms with Crippen LogP contribution in [0, 0.1) is 11.8 Å². The molecule has 150 valence electrons. The highest BCUT2D eigenvalue weighted by molar-refractivity contribution is 7.89. The van der Waals surface area contributed by atoms with Crippen LogP contribution in [0.2, 0.25) is 0 Å². The Bertz CT molecular complexity index is 780. The first-order valence-electron chi connectivity index (χ1n) is 9.41. The SMILES string of the molecule is C=C(C)[C@@H]1CC[C@@H](C)C[C@H]1N(C(=O)OC(C)(C)C)S(=O)(=O)c1ccccc1. The summed E-state index contributed by atoms with van der Waals surface area (Å²) in [4.78, 5) is 13.1. The van der Waals surface area contributed by atoms with Crippen LogP contribution in [0.1, 0.15) is 53.9 Å². The largest absolute Gasteiger partial charge is 0.443 e. The number of nitrogens with zero attached hydrogens (tertiary/aromatic N) is 1. The molecule has 1 aliphatic rings.